The number of likely N-dealkylation sites (tertiary alicyclic amines) is 1. The van der Waals surface area contributed by atoms with Gasteiger partial charge in [-0.3, -0.25) is 19.7 Å². The maximum absolute atomic E-state index is 13.1. The summed E-state index contributed by atoms with van der Waals surface area (Å²) in [6.07, 6.45) is 9.55. The van der Waals surface area contributed by atoms with E-state index in [4.69, 9.17) is 0 Å². The first-order chi connectivity index (χ1) is 17.1. The second-order valence-electron chi connectivity index (χ2n) is 9.85. The molecule has 1 N–H and O–H groups in total. The quantitative estimate of drug-likeness (QED) is 0.468. The van der Waals surface area contributed by atoms with Gasteiger partial charge in [0.25, 0.3) is 0 Å². The molecule has 6 rings (SSSR count). The van der Waals surface area contributed by atoms with Gasteiger partial charge in [-0.1, -0.05) is 36.8 Å². The van der Waals surface area contributed by atoms with Crippen molar-refractivity contribution in [2.75, 3.05) is 13.1 Å². The highest BCUT2D eigenvalue weighted by atomic mass is 16.1. The van der Waals surface area contributed by atoms with Crippen molar-refractivity contribution in [3.8, 4) is 5.69 Å². The van der Waals surface area contributed by atoms with E-state index in [9.17, 15) is 4.79 Å². The van der Waals surface area contributed by atoms with Crippen molar-refractivity contribution in [2.24, 2.45) is 0 Å². The van der Waals surface area contributed by atoms with Crippen molar-refractivity contribution >= 4 is 16.8 Å². The van der Waals surface area contributed by atoms with Crippen molar-refractivity contribution in [1.82, 2.24) is 30.0 Å². The van der Waals surface area contributed by atoms with Gasteiger partial charge in [0.2, 0.25) is 5.91 Å². The lowest BCUT2D eigenvalue weighted by atomic mass is 9.91. The van der Waals surface area contributed by atoms with Gasteiger partial charge in [0.05, 0.1) is 35.7 Å². The number of rotatable bonds is 6. The first kappa shape index (κ1) is 21.9. The standard InChI is InChI=1S/C28H30N6O/c1-19-12-24(10-11-29-19)34-27-16-30-22(13-21(27)15-31-34)14-28(35)32-26-18-33(23-8-5-9-23)17-25(26)20-6-3-2-4-7-20/h2-4,6-7,10-13,15-16,23,25-26H,5,8-9,14,17-18H2,1H3,(H,32,35)/t25-,26+/m0/s1. The Morgan fingerprint density at radius 1 is 1.06 bits per heavy atom. The van der Waals surface area contributed by atoms with Gasteiger partial charge in [-0.15, -0.1) is 0 Å². The Morgan fingerprint density at radius 3 is 2.69 bits per heavy atom. The summed E-state index contributed by atoms with van der Waals surface area (Å²) in [5.41, 5.74) is 4.85. The predicted octanol–water partition coefficient (Wildman–Crippen LogP) is 3.80. The average molecular weight is 467 g/mol. The number of aromatic nitrogens is 4. The fourth-order valence-electron chi connectivity index (χ4n) is 5.43. The highest BCUT2D eigenvalue weighted by molar-refractivity contribution is 5.83. The third kappa shape index (κ3) is 4.44. The molecule has 1 aromatic carbocycles. The van der Waals surface area contributed by atoms with E-state index in [1.807, 2.05) is 36.0 Å². The Hall–Kier alpha value is -3.58. The third-order valence-electron chi connectivity index (χ3n) is 7.49. The van der Waals surface area contributed by atoms with Crippen LogP contribution in [-0.2, 0) is 11.2 Å². The number of nitrogens with zero attached hydrogens (tertiary/aromatic N) is 5. The molecule has 3 aromatic heterocycles. The monoisotopic (exact) mass is 466 g/mol. The molecule has 7 nitrogen and oxygen atoms in total. The lowest BCUT2D eigenvalue weighted by Gasteiger charge is -2.34. The second kappa shape index (κ2) is 9.23. The van der Waals surface area contributed by atoms with Gasteiger partial charge >= 0.3 is 0 Å². The molecule has 2 fully saturated rings. The summed E-state index contributed by atoms with van der Waals surface area (Å²) in [7, 11) is 0. The van der Waals surface area contributed by atoms with Gasteiger partial charge in [-0.25, -0.2) is 4.68 Å². The second-order valence-corrected chi connectivity index (χ2v) is 9.85. The summed E-state index contributed by atoms with van der Waals surface area (Å²) in [5, 5.41) is 8.85. The van der Waals surface area contributed by atoms with E-state index in [2.05, 4.69) is 55.6 Å². The molecule has 1 saturated carbocycles. The van der Waals surface area contributed by atoms with Crippen molar-refractivity contribution in [2.45, 2.75) is 50.6 Å². The molecule has 0 unspecified atom stereocenters. The van der Waals surface area contributed by atoms with Gasteiger partial charge in [0, 0.05) is 48.4 Å². The Morgan fingerprint density at radius 2 is 1.91 bits per heavy atom. The molecule has 2 aliphatic rings. The molecule has 35 heavy (non-hydrogen) atoms. The predicted molar refractivity (Wildman–Crippen MR) is 135 cm³/mol. The summed E-state index contributed by atoms with van der Waals surface area (Å²) >= 11 is 0. The van der Waals surface area contributed by atoms with Crippen LogP contribution in [0.2, 0.25) is 0 Å². The molecule has 1 amide bonds. The van der Waals surface area contributed by atoms with E-state index in [1.165, 1.54) is 24.8 Å². The van der Waals surface area contributed by atoms with Gasteiger partial charge in [0.1, 0.15) is 0 Å². The summed E-state index contributed by atoms with van der Waals surface area (Å²) in [5.74, 6) is 0.341. The van der Waals surface area contributed by atoms with Gasteiger partial charge in [-0.2, -0.15) is 5.10 Å². The molecule has 1 aliphatic carbocycles. The zero-order valence-corrected chi connectivity index (χ0v) is 20.0. The number of fused-ring (bicyclic) bond motifs is 1. The molecule has 0 spiro atoms. The van der Waals surface area contributed by atoms with E-state index in [1.54, 1.807) is 12.4 Å². The van der Waals surface area contributed by atoms with Crippen LogP contribution in [0.25, 0.3) is 16.6 Å². The molecular weight excluding hydrogens is 436 g/mol. The number of benzene rings is 1. The first-order valence-electron chi connectivity index (χ1n) is 12.5. The Balaban J connectivity index is 1.17. The number of pyridine rings is 2. The van der Waals surface area contributed by atoms with Gasteiger partial charge < -0.3 is 5.32 Å². The van der Waals surface area contributed by atoms with Crippen LogP contribution >= 0.6 is 0 Å². The van der Waals surface area contributed by atoms with Crippen molar-refractivity contribution in [3.05, 3.63) is 84.1 Å². The summed E-state index contributed by atoms with van der Waals surface area (Å²) in [6, 6.07) is 17.3. The lowest BCUT2D eigenvalue weighted by molar-refractivity contribution is -0.121. The van der Waals surface area contributed by atoms with E-state index in [0.29, 0.717) is 12.0 Å². The smallest absolute Gasteiger partial charge is 0.226 e. The van der Waals surface area contributed by atoms with Crippen LogP contribution in [0.3, 0.4) is 0 Å². The summed E-state index contributed by atoms with van der Waals surface area (Å²) in [4.78, 5) is 24.5. The Bertz CT molecular complexity index is 1350. The molecule has 1 saturated heterocycles. The average Bonchev–Trinajstić information content (AvgIpc) is 3.42. The Kier molecular flexibility index (Phi) is 5.78. The topological polar surface area (TPSA) is 75.9 Å². The largest absolute Gasteiger partial charge is 0.351 e. The molecule has 7 heteroatoms. The summed E-state index contributed by atoms with van der Waals surface area (Å²) in [6.45, 7) is 3.89. The van der Waals surface area contributed by atoms with E-state index in [-0.39, 0.29) is 18.4 Å². The van der Waals surface area contributed by atoms with E-state index in [0.717, 1.165) is 41.1 Å². The minimum atomic E-state index is 0.0235. The molecule has 0 radical (unpaired) electrons. The van der Waals surface area contributed by atoms with Crippen molar-refractivity contribution < 1.29 is 4.79 Å². The number of carbonyl (C=O) groups is 1. The van der Waals surface area contributed by atoms with E-state index < -0.39 is 0 Å². The minimum Gasteiger partial charge on any atom is -0.351 e. The number of hydrogen-bond donors (Lipinski definition) is 1. The number of nitrogens with one attached hydrogen (secondary N) is 1. The number of carbonyl (C=O) groups excluding carboxylic acids is 1. The van der Waals surface area contributed by atoms with Crippen LogP contribution in [0.5, 0.6) is 0 Å². The molecular formula is C28H30N6O. The lowest BCUT2D eigenvalue weighted by Crippen LogP contribution is -2.43. The van der Waals surface area contributed by atoms with Crippen LogP contribution in [0, 0.1) is 6.92 Å². The number of hydrogen-bond acceptors (Lipinski definition) is 5. The molecule has 0 bridgehead atoms. The normalized spacial score (nSPS) is 20.7. The molecule has 2 atom stereocenters. The van der Waals surface area contributed by atoms with Crippen LogP contribution in [-0.4, -0.2) is 55.7 Å². The highest BCUT2D eigenvalue weighted by Gasteiger charge is 2.39. The van der Waals surface area contributed by atoms with Crippen LogP contribution in [0.1, 0.15) is 42.1 Å². The van der Waals surface area contributed by atoms with Crippen LogP contribution < -0.4 is 5.32 Å². The molecule has 4 aromatic rings. The van der Waals surface area contributed by atoms with Crippen molar-refractivity contribution in [3.63, 3.8) is 0 Å². The van der Waals surface area contributed by atoms with Crippen molar-refractivity contribution in [1.29, 1.82) is 0 Å². The van der Waals surface area contributed by atoms with E-state index >= 15 is 0 Å². The third-order valence-corrected chi connectivity index (χ3v) is 7.49. The first-order valence-corrected chi connectivity index (χ1v) is 12.5. The number of aryl methyl sites for hydroxylation is 1. The summed E-state index contributed by atoms with van der Waals surface area (Å²) < 4.78 is 1.86. The zero-order valence-electron chi connectivity index (χ0n) is 20.0. The Labute approximate surface area is 205 Å². The maximum atomic E-state index is 13.1. The minimum absolute atomic E-state index is 0.0235. The highest BCUT2D eigenvalue weighted by Crippen LogP contribution is 2.34. The molecule has 1 aliphatic heterocycles. The molecule has 4 heterocycles. The molecule has 178 valence electrons. The number of amides is 1. The fraction of sp³-hybridized carbons (Fsp3) is 0.357. The van der Waals surface area contributed by atoms with Crippen LogP contribution in [0.4, 0.5) is 0 Å². The van der Waals surface area contributed by atoms with Crippen LogP contribution in [0.15, 0.2) is 67.1 Å². The van der Waals surface area contributed by atoms with Gasteiger partial charge in [0.15, 0.2) is 0 Å². The zero-order chi connectivity index (χ0) is 23.8. The SMILES string of the molecule is Cc1cc(-n2ncc3cc(CC(=O)N[C@@H]4CN(C5CCC5)C[C@H]4c4ccccc4)ncc32)ccn1. The van der Waals surface area contributed by atoms with Gasteiger partial charge in [-0.05, 0) is 43.5 Å². The fourth-order valence-corrected chi connectivity index (χ4v) is 5.43. The maximum Gasteiger partial charge on any atom is 0.226 e.